The molecule has 0 saturated carbocycles. The smallest absolute Gasteiger partial charge is 0.0143 e. The van der Waals surface area contributed by atoms with E-state index >= 15 is 0 Å². The average Bonchev–Trinajstić information content (AvgIpc) is 1.99. The van der Waals surface area contributed by atoms with Gasteiger partial charge in [-0.05, 0) is 26.3 Å². The summed E-state index contributed by atoms with van der Waals surface area (Å²) in [5, 5.41) is 0. The number of hydrogen-bond donors (Lipinski definition) is 0. The lowest BCUT2D eigenvalue weighted by atomic mass is 10.5. The van der Waals surface area contributed by atoms with Crippen molar-refractivity contribution in [1.29, 1.82) is 0 Å². The summed E-state index contributed by atoms with van der Waals surface area (Å²) >= 11 is 1.85. The molecule has 0 aromatic rings. The van der Waals surface area contributed by atoms with Gasteiger partial charge in [-0.15, -0.1) is 0 Å². The fourth-order valence-electron chi connectivity index (χ4n) is 0.723. The van der Waals surface area contributed by atoms with Crippen LogP contribution >= 0.6 is 11.8 Å². The van der Waals surface area contributed by atoms with Crippen LogP contribution in [0.1, 0.15) is 13.8 Å². The van der Waals surface area contributed by atoms with Gasteiger partial charge in [-0.2, -0.15) is 11.8 Å². The Morgan fingerprint density at radius 2 is 1.90 bits per heavy atom. The molecule has 0 unspecified atom stereocenters. The van der Waals surface area contributed by atoms with Gasteiger partial charge in [0.15, 0.2) is 0 Å². The van der Waals surface area contributed by atoms with Gasteiger partial charge in [0.1, 0.15) is 0 Å². The second-order valence-electron chi connectivity index (χ2n) is 2.06. The molecule has 2 heteroatoms. The van der Waals surface area contributed by atoms with Crippen LogP contribution < -0.4 is 0 Å². The van der Waals surface area contributed by atoms with E-state index < -0.39 is 0 Å². The van der Waals surface area contributed by atoms with Crippen LogP contribution in [0.5, 0.6) is 0 Å². The highest BCUT2D eigenvalue weighted by atomic mass is 32.2. The number of rotatable bonds is 5. The molecule has 0 aliphatic rings. The van der Waals surface area contributed by atoms with Crippen LogP contribution in [-0.4, -0.2) is 30.0 Å². The molecule has 10 heavy (non-hydrogen) atoms. The third-order valence-electron chi connectivity index (χ3n) is 1.39. The first-order chi connectivity index (χ1) is 4.85. The van der Waals surface area contributed by atoms with E-state index in [4.69, 9.17) is 0 Å². The van der Waals surface area contributed by atoms with Crippen molar-refractivity contribution in [3.63, 3.8) is 0 Å². The summed E-state index contributed by atoms with van der Waals surface area (Å²) < 4.78 is 0. The van der Waals surface area contributed by atoms with Gasteiger partial charge in [0.25, 0.3) is 0 Å². The highest BCUT2D eigenvalue weighted by Crippen LogP contribution is 1.94. The maximum Gasteiger partial charge on any atom is 0.0143 e. The largest absolute Gasteiger partial charge is 0.378 e. The molecule has 0 fully saturated rings. The Kier molecular flexibility index (Phi) is 6.93. The van der Waals surface area contributed by atoms with Crippen LogP contribution in [0.25, 0.3) is 0 Å². The van der Waals surface area contributed by atoms with E-state index in [2.05, 4.69) is 37.3 Å². The van der Waals surface area contributed by atoms with Gasteiger partial charge >= 0.3 is 0 Å². The molecule has 1 nitrogen and oxygen atoms in total. The van der Waals surface area contributed by atoms with Gasteiger partial charge in [-0.25, -0.2) is 0 Å². The normalized spacial score (nSPS) is 10.7. The molecule has 0 atom stereocenters. The van der Waals surface area contributed by atoms with Crippen LogP contribution in [0, 0.1) is 0 Å². The summed E-state index contributed by atoms with van der Waals surface area (Å²) in [4.78, 5) is 2.29. The molecule has 60 valence electrons. The highest BCUT2D eigenvalue weighted by molar-refractivity contribution is 7.98. The Hall–Kier alpha value is -0.110. The van der Waals surface area contributed by atoms with Crippen LogP contribution in [-0.2, 0) is 0 Å². The monoisotopic (exact) mass is 159 g/mol. The Bertz CT molecular complexity index is 87.3. The van der Waals surface area contributed by atoms with Crippen LogP contribution in [0.4, 0.5) is 0 Å². The van der Waals surface area contributed by atoms with E-state index in [1.54, 1.807) is 0 Å². The minimum atomic E-state index is 1.11. The summed E-state index contributed by atoms with van der Waals surface area (Å²) in [7, 11) is 0. The minimum absolute atomic E-state index is 1.11. The standard InChI is InChI=1S/C8H17NS/c1-4-9(5-2)7-6-8-10-3/h6-7H,4-5,8H2,1-3H3/b7-6+. The predicted octanol–water partition coefficient (Wildman–Crippen LogP) is 2.20. The van der Waals surface area contributed by atoms with Gasteiger partial charge < -0.3 is 4.90 Å². The van der Waals surface area contributed by atoms with Crippen molar-refractivity contribution in [2.24, 2.45) is 0 Å². The Labute approximate surface area is 68.5 Å². The first-order valence-electron chi connectivity index (χ1n) is 3.74. The topological polar surface area (TPSA) is 3.24 Å². The summed E-state index contributed by atoms with van der Waals surface area (Å²) in [6.45, 7) is 6.57. The maximum absolute atomic E-state index is 2.29. The molecule has 0 aliphatic heterocycles. The quantitative estimate of drug-likeness (QED) is 0.605. The molecule has 0 amide bonds. The van der Waals surface area contributed by atoms with Crippen molar-refractivity contribution in [3.8, 4) is 0 Å². The first kappa shape index (κ1) is 9.89. The summed E-state index contributed by atoms with van der Waals surface area (Å²) in [6.07, 6.45) is 6.50. The van der Waals surface area contributed by atoms with Gasteiger partial charge in [0, 0.05) is 18.8 Å². The van der Waals surface area contributed by atoms with Crippen LogP contribution in [0.2, 0.25) is 0 Å². The minimum Gasteiger partial charge on any atom is -0.378 e. The molecule has 0 rings (SSSR count). The third kappa shape index (κ3) is 4.74. The highest BCUT2D eigenvalue weighted by Gasteiger charge is 1.86. The summed E-state index contributed by atoms with van der Waals surface area (Å²) in [5.74, 6) is 1.12. The molecule has 0 bridgehead atoms. The van der Waals surface area contributed by atoms with Gasteiger partial charge in [-0.3, -0.25) is 0 Å². The summed E-state index contributed by atoms with van der Waals surface area (Å²) in [5.41, 5.74) is 0. The molecule has 0 aliphatic carbocycles. The van der Waals surface area contributed by atoms with Gasteiger partial charge in [0.05, 0.1) is 0 Å². The maximum atomic E-state index is 2.29. The number of nitrogens with zero attached hydrogens (tertiary/aromatic N) is 1. The lowest BCUT2D eigenvalue weighted by molar-refractivity contribution is 0.418. The average molecular weight is 159 g/mol. The molecule has 0 N–H and O–H groups in total. The lowest BCUT2D eigenvalue weighted by Crippen LogP contribution is -2.15. The molecule has 0 spiro atoms. The zero-order chi connectivity index (χ0) is 7.82. The fraction of sp³-hybridized carbons (Fsp3) is 0.750. The molecule has 0 radical (unpaired) electrons. The van der Waals surface area contributed by atoms with Crippen LogP contribution in [0.15, 0.2) is 12.3 Å². The SMILES string of the molecule is CCN(/C=C/CSC)CC. The van der Waals surface area contributed by atoms with Crippen molar-refractivity contribution < 1.29 is 0 Å². The van der Waals surface area contributed by atoms with Gasteiger partial charge in [-0.1, -0.05) is 6.08 Å². The zero-order valence-corrected chi connectivity index (χ0v) is 7.95. The number of hydrogen-bond acceptors (Lipinski definition) is 2. The van der Waals surface area contributed by atoms with E-state index in [0.29, 0.717) is 0 Å². The zero-order valence-electron chi connectivity index (χ0n) is 7.13. The van der Waals surface area contributed by atoms with Gasteiger partial charge in [0.2, 0.25) is 0 Å². The molecular weight excluding hydrogens is 142 g/mol. The predicted molar refractivity (Wildman–Crippen MR) is 50.4 cm³/mol. The molecule has 0 aromatic carbocycles. The first-order valence-corrected chi connectivity index (χ1v) is 5.14. The summed E-state index contributed by atoms with van der Waals surface area (Å²) in [6, 6.07) is 0. The lowest BCUT2D eigenvalue weighted by Gasteiger charge is -2.14. The van der Waals surface area contributed by atoms with E-state index in [1.165, 1.54) is 0 Å². The Morgan fingerprint density at radius 1 is 1.30 bits per heavy atom. The molecule has 0 aromatic heterocycles. The Balaban J connectivity index is 3.40. The second-order valence-corrected chi connectivity index (χ2v) is 2.97. The van der Waals surface area contributed by atoms with E-state index in [9.17, 15) is 0 Å². The van der Waals surface area contributed by atoms with E-state index in [0.717, 1.165) is 18.8 Å². The van der Waals surface area contributed by atoms with E-state index in [1.807, 2.05) is 11.8 Å². The third-order valence-corrected chi connectivity index (χ3v) is 1.92. The van der Waals surface area contributed by atoms with Crippen molar-refractivity contribution in [2.45, 2.75) is 13.8 Å². The van der Waals surface area contributed by atoms with Crippen molar-refractivity contribution in [3.05, 3.63) is 12.3 Å². The van der Waals surface area contributed by atoms with E-state index in [-0.39, 0.29) is 0 Å². The molecule has 0 saturated heterocycles. The van der Waals surface area contributed by atoms with Crippen molar-refractivity contribution in [2.75, 3.05) is 25.1 Å². The second kappa shape index (κ2) is 7.00. The molecule has 0 heterocycles. The Morgan fingerprint density at radius 3 is 2.30 bits per heavy atom. The molecular formula is C8H17NS. The fourth-order valence-corrected chi connectivity index (χ4v) is 1.00. The van der Waals surface area contributed by atoms with Crippen molar-refractivity contribution in [1.82, 2.24) is 4.90 Å². The number of thioether (sulfide) groups is 1. The van der Waals surface area contributed by atoms with Crippen molar-refractivity contribution >= 4 is 11.8 Å². The van der Waals surface area contributed by atoms with Crippen LogP contribution in [0.3, 0.4) is 0 Å².